The van der Waals surface area contributed by atoms with Gasteiger partial charge in [0.2, 0.25) is 0 Å². The van der Waals surface area contributed by atoms with E-state index in [0.717, 1.165) is 22.9 Å². The number of hydrogen-bond acceptors (Lipinski definition) is 4. The quantitative estimate of drug-likeness (QED) is 0.377. The Morgan fingerprint density at radius 3 is 2.53 bits per heavy atom. The minimum absolute atomic E-state index is 0.00869. The van der Waals surface area contributed by atoms with Crippen molar-refractivity contribution in [3.8, 4) is 11.5 Å². The molecule has 1 saturated carbocycles. The molecule has 7 heteroatoms. The predicted octanol–water partition coefficient (Wildman–Crippen LogP) is 6.25. The Bertz CT molecular complexity index is 1170. The molecule has 1 amide bonds. The highest BCUT2D eigenvalue weighted by Crippen LogP contribution is 2.33. The fourth-order valence-electron chi connectivity index (χ4n) is 4.49. The van der Waals surface area contributed by atoms with Crippen LogP contribution in [0, 0.1) is 11.8 Å². The third-order valence-corrected chi connectivity index (χ3v) is 6.51. The number of carboxylic acids is 1. The van der Waals surface area contributed by atoms with Gasteiger partial charge in [-0.25, -0.2) is 4.98 Å². The zero-order chi connectivity index (χ0) is 24.1. The predicted molar refractivity (Wildman–Crippen MR) is 133 cm³/mol. The number of benzene rings is 2. The zero-order valence-corrected chi connectivity index (χ0v) is 20.0. The van der Waals surface area contributed by atoms with Crippen LogP contribution in [0.25, 0.3) is 10.8 Å². The maximum atomic E-state index is 12.8. The number of nitrogens with one attached hydrogen (secondary N) is 1. The topological polar surface area (TPSA) is 88.5 Å². The lowest BCUT2D eigenvalue weighted by atomic mass is 9.97. The van der Waals surface area contributed by atoms with Gasteiger partial charge in [-0.15, -0.1) is 0 Å². The number of pyridine rings is 1. The lowest BCUT2D eigenvalue weighted by Gasteiger charge is -2.15. The number of aromatic nitrogens is 1. The van der Waals surface area contributed by atoms with Gasteiger partial charge in [0, 0.05) is 29.1 Å². The summed E-state index contributed by atoms with van der Waals surface area (Å²) in [6.45, 7) is 2.09. The fraction of sp³-hybridized carbons (Fsp3) is 0.370. The largest absolute Gasteiger partial charge is 0.481 e. The number of carbonyl (C=O) groups is 2. The lowest BCUT2D eigenvalue weighted by molar-refractivity contribution is -0.137. The van der Waals surface area contributed by atoms with E-state index in [9.17, 15) is 9.59 Å². The smallest absolute Gasteiger partial charge is 0.303 e. The van der Waals surface area contributed by atoms with E-state index < -0.39 is 5.97 Å². The van der Waals surface area contributed by atoms with Crippen LogP contribution in [0.3, 0.4) is 0 Å². The molecule has 0 bridgehead atoms. The summed E-state index contributed by atoms with van der Waals surface area (Å²) in [6.07, 6.45) is 5.64. The first-order chi connectivity index (χ1) is 16.4. The van der Waals surface area contributed by atoms with Crippen molar-refractivity contribution in [2.75, 3.05) is 6.54 Å². The maximum Gasteiger partial charge on any atom is 0.303 e. The molecule has 0 aliphatic heterocycles. The van der Waals surface area contributed by atoms with Gasteiger partial charge in [0.05, 0.1) is 0 Å². The number of amides is 1. The number of nitrogens with zero attached hydrogens (tertiary/aromatic N) is 1. The van der Waals surface area contributed by atoms with Crippen molar-refractivity contribution in [1.82, 2.24) is 10.3 Å². The third kappa shape index (κ3) is 6.26. The standard InChI is InChI=1S/C27H29ClN2O4/c1-17(12-26(31)32)16-29-27(33)25-14-19-6-9-22(34-21-10-7-20(28)8-11-21)15-23(19)24(30-25)13-18-4-2-3-5-18/h6-11,14-15,17-18H,2-5,12-13,16H2,1H3,(H,29,33)(H,31,32). The van der Waals surface area contributed by atoms with Gasteiger partial charge in [0.15, 0.2) is 0 Å². The SMILES string of the molecule is CC(CNC(=O)c1cc2ccc(Oc3ccc(Cl)cc3)cc2c(CC2CCCC2)n1)CC(=O)O. The maximum absolute atomic E-state index is 12.8. The number of hydrogen-bond donors (Lipinski definition) is 2. The van der Waals surface area contributed by atoms with Gasteiger partial charge in [-0.2, -0.15) is 0 Å². The molecule has 1 atom stereocenters. The van der Waals surface area contributed by atoms with Crippen molar-refractivity contribution >= 4 is 34.2 Å². The molecule has 0 saturated heterocycles. The summed E-state index contributed by atoms with van der Waals surface area (Å²) >= 11 is 5.97. The van der Waals surface area contributed by atoms with Crippen LogP contribution in [-0.4, -0.2) is 28.5 Å². The van der Waals surface area contributed by atoms with Crippen LogP contribution in [0.5, 0.6) is 11.5 Å². The first-order valence-corrected chi connectivity index (χ1v) is 12.1. The van der Waals surface area contributed by atoms with E-state index in [-0.39, 0.29) is 24.8 Å². The Morgan fingerprint density at radius 2 is 1.82 bits per heavy atom. The van der Waals surface area contributed by atoms with Crippen molar-refractivity contribution in [2.45, 2.75) is 45.4 Å². The first kappa shape index (κ1) is 24.0. The fourth-order valence-corrected chi connectivity index (χ4v) is 4.61. The Kier molecular flexibility index (Phi) is 7.68. The van der Waals surface area contributed by atoms with Crippen molar-refractivity contribution in [3.63, 3.8) is 0 Å². The van der Waals surface area contributed by atoms with Crippen LogP contribution in [0.1, 0.15) is 55.2 Å². The van der Waals surface area contributed by atoms with Gasteiger partial charge in [-0.05, 0) is 66.1 Å². The van der Waals surface area contributed by atoms with Crippen molar-refractivity contribution in [1.29, 1.82) is 0 Å². The highest BCUT2D eigenvalue weighted by Gasteiger charge is 2.20. The van der Waals surface area contributed by atoms with Crippen LogP contribution in [0.4, 0.5) is 0 Å². The zero-order valence-electron chi connectivity index (χ0n) is 19.2. The minimum atomic E-state index is -0.874. The highest BCUT2D eigenvalue weighted by molar-refractivity contribution is 6.30. The summed E-state index contributed by atoms with van der Waals surface area (Å²) < 4.78 is 6.03. The number of ether oxygens (including phenoxy) is 1. The Hall–Kier alpha value is -3.12. The molecule has 4 rings (SSSR count). The molecular weight excluding hydrogens is 452 g/mol. The lowest BCUT2D eigenvalue weighted by Crippen LogP contribution is -2.30. The molecular formula is C27H29ClN2O4. The second-order valence-electron chi connectivity index (χ2n) is 9.16. The van der Waals surface area contributed by atoms with Gasteiger partial charge < -0.3 is 15.2 Å². The van der Waals surface area contributed by atoms with Crippen LogP contribution in [-0.2, 0) is 11.2 Å². The summed E-state index contributed by atoms with van der Waals surface area (Å²) in [5.41, 5.74) is 1.25. The third-order valence-electron chi connectivity index (χ3n) is 6.26. The molecule has 6 nitrogen and oxygen atoms in total. The highest BCUT2D eigenvalue weighted by atomic mass is 35.5. The molecule has 1 unspecified atom stereocenters. The number of halogens is 1. The van der Waals surface area contributed by atoms with E-state index in [1.807, 2.05) is 30.3 Å². The molecule has 2 aromatic carbocycles. The molecule has 1 aliphatic carbocycles. The molecule has 0 spiro atoms. The van der Waals surface area contributed by atoms with Crippen LogP contribution >= 0.6 is 11.6 Å². The van der Waals surface area contributed by atoms with Crippen molar-refractivity contribution in [2.24, 2.45) is 11.8 Å². The molecule has 1 aliphatic rings. The van der Waals surface area contributed by atoms with Gasteiger partial charge in [0.1, 0.15) is 17.2 Å². The van der Waals surface area contributed by atoms with E-state index in [4.69, 9.17) is 26.4 Å². The van der Waals surface area contributed by atoms with Crippen LogP contribution in [0.2, 0.25) is 5.02 Å². The van der Waals surface area contributed by atoms with Gasteiger partial charge in [-0.1, -0.05) is 50.3 Å². The van der Waals surface area contributed by atoms with Gasteiger partial charge in [0.25, 0.3) is 5.91 Å². The van der Waals surface area contributed by atoms with Gasteiger partial charge >= 0.3 is 5.97 Å². The average Bonchev–Trinajstić information content (AvgIpc) is 3.32. The normalized spacial score (nSPS) is 14.8. The second-order valence-corrected chi connectivity index (χ2v) is 9.60. The molecule has 34 heavy (non-hydrogen) atoms. The van der Waals surface area contributed by atoms with E-state index in [1.54, 1.807) is 25.1 Å². The summed E-state index contributed by atoms with van der Waals surface area (Å²) in [4.78, 5) is 28.5. The molecule has 1 aromatic heterocycles. The molecule has 1 heterocycles. The summed E-state index contributed by atoms with van der Waals surface area (Å²) in [5, 5.41) is 14.3. The number of fused-ring (bicyclic) bond motifs is 1. The molecule has 178 valence electrons. The number of carbonyl (C=O) groups excluding carboxylic acids is 1. The second kappa shape index (κ2) is 10.9. The Morgan fingerprint density at radius 1 is 1.12 bits per heavy atom. The number of rotatable bonds is 9. The van der Waals surface area contributed by atoms with Gasteiger partial charge in [-0.3, -0.25) is 9.59 Å². The number of carboxylic acid groups (broad SMARTS) is 1. The average molecular weight is 481 g/mol. The molecule has 2 N–H and O–H groups in total. The van der Waals surface area contributed by atoms with Crippen LogP contribution in [0.15, 0.2) is 48.5 Å². The monoisotopic (exact) mass is 480 g/mol. The molecule has 3 aromatic rings. The van der Waals surface area contributed by atoms with E-state index >= 15 is 0 Å². The summed E-state index contributed by atoms with van der Waals surface area (Å²) in [6, 6.07) is 14.8. The first-order valence-electron chi connectivity index (χ1n) is 11.7. The Balaban J connectivity index is 1.60. The van der Waals surface area contributed by atoms with E-state index in [1.165, 1.54) is 25.7 Å². The van der Waals surface area contributed by atoms with Crippen molar-refractivity contribution in [3.05, 3.63) is 64.9 Å². The van der Waals surface area contributed by atoms with E-state index in [2.05, 4.69) is 5.32 Å². The summed E-state index contributed by atoms with van der Waals surface area (Å²) in [5.74, 6) is 0.636. The Labute approximate surface area is 204 Å². The molecule has 1 fully saturated rings. The van der Waals surface area contributed by atoms with E-state index in [0.29, 0.717) is 28.1 Å². The minimum Gasteiger partial charge on any atom is -0.481 e. The van der Waals surface area contributed by atoms with Crippen molar-refractivity contribution < 1.29 is 19.4 Å². The van der Waals surface area contributed by atoms with Crippen LogP contribution < -0.4 is 10.1 Å². The molecule has 0 radical (unpaired) electrons. The summed E-state index contributed by atoms with van der Waals surface area (Å²) in [7, 11) is 0. The number of aliphatic carboxylic acids is 1.